The van der Waals surface area contributed by atoms with Crippen molar-refractivity contribution >= 4 is 0 Å². The molecular formula is C32H56O2. The average molecular weight is 473 g/mol. The molecule has 34 heavy (non-hydrogen) atoms. The predicted octanol–water partition coefficient (Wildman–Crippen LogP) is 10.3. The van der Waals surface area contributed by atoms with Crippen molar-refractivity contribution in [1.82, 2.24) is 0 Å². The molecule has 0 unspecified atom stereocenters. The standard InChI is InChI=1S/C15H22O.C11H16O.3C2H6/c1-10(2)14-7-11(3)15(12(4)8-14)16-9-13-5-6-13;1-5-12-11-9(3)6-8(2)7-10(11)4;3*1-2/h7-8,10,13H,5-6,9H2,1-4H3;6-7H,5H2,1-4H3;3*1-2H3. The van der Waals surface area contributed by atoms with E-state index in [4.69, 9.17) is 9.47 Å². The van der Waals surface area contributed by atoms with Crippen LogP contribution in [0.4, 0.5) is 0 Å². The Bertz CT molecular complexity index is 740. The Kier molecular flexibility index (Phi) is 19.5. The Morgan fingerprint density at radius 1 is 0.676 bits per heavy atom. The largest absolute Gasteiger partial charge is 0.493 e. The van der Waals surface area contributed by atoms with Gasteiger partial charge in [0.05, 0.1) is 13.2 Å². The smallest absolute Gasteiger partial charge is 0.125 e. The first kappa shape index (κ1) is 34.2. The molecule has 0 amide bonds. The molecule has 1 fully saturated rings. The van der Waals surface area contributed by atoms with Gasteiger partial charge in [0.25, 0.3) is 0 Å². The zero-order chi connectivity index (χ0) is 26.8. The van der Waals surface area contributed by atoms with Crippen molar-refractivity contribution in [1.29, 1.82) is 0 Å². The second kappa shape index (κ2) is 19.4. The fourth-order valence-corrected chi connectivity index (χ4v) is 3.57. The van der Waals surface area contributed by atoms with Gasteiger partial charge in [-0.3, -0.25) is 0 Å². The van der Waals surface area contributed by atoms with Gasteiger partial charge >= 0.3 is 0 Å². The van der Waals surface area contributed by atoms with Crippen molar-refractivity contribution in [3.63, 3.8) is 0 Å². The van der Waals surface area contributed by atoms with Gasteiger partial charge in [0.1, 0.15) is 11.5 Å². The SMILES string of the molecule is CC.CC.CC.CCOc1c(C)cc(C)cc1C.Cc1cc(C(C)C)cc(C)c1OCC1CC1. The molecule has 196 valence electrons. The third-order valence-electron chi connectivity index (χ3n) is 5.20. The molecule has 0 atom stereocenters. The summed E-state index contributed by atoms with van der Waals surface area (Å²) < 4.78 is 11.4. The van der Waals surface area contributed by atoms with Crippen molar-refractivity contribution in [3.05, 3.63) is 57.6 Å². The first-order valence-electron chi connectivity index (χ1n) is 13.7. The molecule has 2 heteroatoms. The number of ether oxygens (including phenoxy) is 2. The molecule has 0 aliphatic heterocycles. The second-order valence-corrected chi connectivity index (χ2v) is 8.55. The molecule has 2 aromatic carbocycles. The highest BCUT2D eigenvalue weighted by molar-refractivity contribution is 5.44. The molecule has 0 spiro atoms. The fourth-order valence-electron chi connectivity index (χ4n) is 3.57. The van der Waals surface area contributed by atoms with E-state index in [9.17, 15) is 0 Å². The van der Waals surface area contributed by atoms with Crippen LogP contribution in [-0.4, -0.2) is 13.2 Å². The predicted molar refractivity (Wildman–Crippen MR) is 154 cm³/mol. The van der Waals surface area contributed by atoms with E-state index in [1.165, 1.54) is 46.2 Å². The molecule has 2 aromatic rings. The summed E-state index contributed by atoms with van der Waals surface area (Å²) >= 11 is 0. The van der Waals surface area contributed by atoms with E-state index in [1.54, 1.807) is 0 Å². The summed E-state index contributed by atoms with van der Waals surface area (Å²) in [6.07, 6.45) is 2.70. The molecule has 0 bridgehead atoms. The Balaban J connectivity index is 0. The van der Waals surface area contributed by atoms with E-state index in [1.807, 2.05) is 48.5 Å². The van der Waals surface area contributed by atoms with Gasteiger partial charge in [-0.15, -0.1) is 0 Å². The molecule has 0 saturated heterocycles. The van der Waals surface area contributed by atoms with Gasteiger partial charge < -0.3 is 9.47 Å². The highest BCUT2D eigenvalue weighted by Crippen LogP contribution is 2.33. The third kappa shape index (κ3) is 12.5. The number of rotatable bonds is 6. The van der Waals surface area contributed by atoms with Crippen molar-refractivity contribution in [2.45, 2.75) is 116 Å². The maximum Gasteiger partial charge on any atom is 0.125 e. The summed E-state index contributed by atoms with van der Waals surface area (Å²) in [5.74, 6) is 3.57. The molecule has 1 aliphatic carbocycles. The maximum absolute atomic E-state index is 5.93. The number of hydrogen-bond acceptors (Lipinski definition) is 2. The quantitative estimate of drug-likeness (QED) is 0.416. The summed E-state index contributed by atoms with van der Waals surface area (Å²) in [6, 6.07) is 8.83. The first-order chi connectivity index (χ1) is 16.2. The van der Waals surface area contributed by atoms with Crippen molar-refractivity contribution in [2.24, 2.45) is 5.92 Å². The fraction of sp³-hybridized carbons (Fsp3) is 0.625. The van der Waals surface area contributed by atoms with Gasteiger partial charge in [0.15, 0.2) is 0 Å². The van der Waals surface area contributed by atoms with Crippen LogP contribution in [0, 0.1) is 40.5 Å². The van der Waals surface area contributed by atoms with Gasteiger partial charge in [-0.05, 0) is 94.0 Å². The minimum atomic E-state index is 0.592. The topological polar surface area (TPSA) is 18.5 Å². The Hall–Kier alpha value is -1.96. The molecule has 0 heterocycles. The average Bonchev–Trinajstić information content (AvgIpc) is 3.64. The van der Waals surface area contributed by atoms with Crippen LogP contribution in [0.25, 0.3) is 0 Å². The molecule has 3 rings (SSSR count). The molecule has 2 nitrogen and oxygen atoms in total. The minimum Gasteiger partial charge on any atom is -0.493 e. The molecule has 0 aromatic heterocycles. The molecule has 1 aliphatic rings. The van der Waals surface area contributed by atoms with Crippen LogP contribution in [-0.2, 0) is 0 Å². The first-order valence-corrected chi connectivity index (χ1v) is 13.7. The van der Waals surface area contributed by atoms with Crippen LogP contribution in [0.1, 0.15) is 114 Å². The highest BCUT2D eigenvalue weighted by atomic mass is 16.5. The van der Waals surface area contributed by atoms with Gasteiger partial charge in [-0.1, -0.05) is 85.2 Å². The lowest BCUT2D eigenvalue weighted by molar-refractivity contribution is 0.296. The second-order valence-electron chi connectivity index (χ2n) is 8.55. The van der Waals surface area contributed by atoms with Crippen LogP contribution in [0.3, 0.4) is 0 Å². The van der Waals surface area contributed by atoms with E-state index in [-0.39, 0.29) is 0 Å². The number of hydrogen-bond donors (Lipinski definition) is 0. The van der Waals surface area contributed by atoms with Crippen LogP contribution in [0.15, 0.2) is 24.3 Å². The zero-order valence-electron chi connectivity index (χ0n) is 25.1. The lowest BCUT2D eigenvalue weighted by Crippen LogP contribution is -2.03. The number of aryl methyl sites for hydroxylation is 5. The normalized spacial score (nSPS) is 11.4. The molecule has 0 N–H and O–H groups in total. The van der Waals surface area contributed by atoms with E-state index in [2.05, 4.69) is 72.7 Å². The van der Waals surface area contributed by atoms with Crippen LogP contribution < -0.4 is 9.47 Å². The maximum atomic E-state index is 5.93. The Labute approximate surface area is 213 Å². The number of benzene rings is 2. The zero-order valence-corrected chi connectivity index (χ0v) is 25.1. The van der Waals surface area contributed by atoms with Gasteiger partial charge in [0.2, 0.25) is 0 Å². The lowest BCUT2D eigenvalue weighted by Gasteiger charge is -2.15. The molecular weight excluding hydrogens is 416 g/mol. The van der Waals surface area contributed by atoms with Gasteiger partial charge in [-0.2, -0.15) is 0 Å². The van der Waals surface area contributed by atoms with Crippen molar-refractivity contribution < 1.29 is 9.47 Å². The van der Waals surface area contributed by atoms with E-state index in [0.717, 1.165) is 30.6 Å². The van der Waals surface area contributed by atoms with E-state index in [0.29, 0.717) is 5.92 Å². The highest BCUT2D eigenvalue weighted by Gasteiger charge is 2.22. The van der Waals surface area contributed by atoms with E-state index < -0.39 is 0 Å². The van der Waals surface area contributed by atoms with E-state index >= 15 is 0 Å². The summed E-state index contributed by atoms with van der Waals surface area (Å²) in [6.45, 7) is 30.7. The Morgan fingerprint density at radius 3 is 1.41 bits per heavy atom. The molecule has 1 saturated carbocycles. The monoisotopic (exact) mass is 472 g/mol. The summed E-state index contributed by atoms with van der Waals surface area (Å²) in [4.78, 5) is 0. The van der Waals surface area contributed by atoms with Crippen LogP contribution >= 0.6 is 0 Å². The van der Waals surface area contributed by atoms with Gasteiger partial charge in [-0.25, -0.2) is 0 Å². The van der Waals surface area contributed by atoms with Gasteiger partial charge in [0, 0.05) is 0 Å². The summed E-state index contributed by atoms with van der Waals surface area (Å²) in [5, 5.41) is 0. The van der Waals surface area contributed by atoms with Crippen molar-refractivity contribution in [3.8, 4) is 11.5 Å². The molecule has 0 radical (unpaired) electrons. The summed E-state index contributed by atoms with van der Waals surface area (Å²) in [7, 11) is 0. The van der Waals surface area contributed by atoms with Crippen LogP contribution in [0.5, 0.6) is 11.5 Å². The lowest BCUT2D eigenvalue weighted by atomic mass is 9.98. The minimum absolute atomic E-state index is 0.592. The van der Waals surface area contributed by atoms with Crippen LogP contribution in [0.2, 0.25) is 0 Å². The third-order valence-corrected chi connectivity index (χ3v) is 5.20. The van der Waals surface area contributed by atoms with Crippen molar-refractivity contribution in [2.75, 3.05) is 13.2 Å². The Morgan fingerprint density at radius 2 is 1.06 bits per heavy atom. The summed E-state index contributed by atoms with van der Waals surface area (Å²) in [5.41, 5.74) is 7.74.